The Morgan fingerprint density at radius 3 is 2.77 bits per heavy atom. The first-order valence-electron chi connectivity index (χ1n) is 5.23. The van der Waals surface area contributed by atoms with Gasteiger partial charge in [0.25, 0.3) is 0 Å². The van der Waals surface area contributed by atoms with E-state index in [0.29, 0.717) is 0 Å². The molecule has 13 heavy (non-hydrogen) atoms. The lowest BCUT2D eigenvalue weighted by atomic mass is 10.1. The maximum absolute atomic E-state index is 4.30. The zero-order valence-electron chi connectivity index (χ0n) is 9.09. The molecule has 1 atom stereocenters. The molecule has 0 radical (unpaired) electrons. The topological polar surface area (TPSA) is 12.9 Å². The van der Waals surface area contributed by atoms with E-state index in [-0.39, 0.29) is 0 Å². The van der Waals surface area contributed by atoms with Crippen LogP contribution in [0.4, 0.5) is 0 Å². The van der Waals surface area contributed by atoms with Crippen LogP contribution in [0.5, 0.6) is 0 Å². The molecule has 2 rings (SSSR count). The van der Waals surface area contributed by atoms with Crippen molar-refractivity contribution in [1.82, 2.24) is 4.98 Å². The van der Waals surface area contributed by atoms with Crippen LogP contribution < -0.4 is 0 Å². The van der Waals surface area contributed by atoms with Crippen LogP contribution in [0.2, 0.25) is 0 Å². The van der Waals surface area contributed by atoms with Crippen molar-refractivity contribution >= 4 is 0 Å². The molecule has 0 spiro atoms. The third-order valence-corrected chi connectivity index (χ3v) is 2.54. The lowest BCUT2D eigenvalue weighted by Gasteiger charge is -2.02. The summed E-state index contributed by atoms with van der Waals surface area (Å²) in [5, 5.41) is 0. The monoisotopic (exact) mass is 177 g/mol. The average Bonchev–Trinajstić information content (AvgIpc) is 2.51. The molecule has 1 heterocycles. The number of aromatic nitrogens is 1. The van der Waals surface area contributed by atoms with Crippen molar-refractivity contribution in [1.29, 1.82) is 0 Å². The van der Waals surface area contributed by atoms with Gasteiger partial charge in [0.2, 0.25) is 0 Å². The molecule has 0 saturated carbocycles. The molecule has 0 aromatic carbocycles. The van der Waals surface area contributed by atoms with Crippen molar-refractivity contribution in [3.8, 4) is 0 Å². The van der Waals surface area contributed by atoms with Crippen LogP contribution in [0.15, 0.2) is 12.3 Å². The molecule has 0 saturated heterocycles. The van der Waals surface area contributed by atoms with Crippen molar-refractivity contribution < 1.29 is 0 Å². The first-order chi connectivity index (χ1) is 6.27. The van der Waals surface area contributed by atoms with E-state index in [0.717, 1.165) is 11.6 Å². The molecule has 0 aliphatic heterocycles. The molecule has 0 amide bonds. The molecule has 1 aliphatic carbocycles. The summed E-state index contributed by atoms with van der Waals surface area (Å²) in [6, 6.07) is 2.22. The molecule has 0 N–H and O–H groups in total. The van der Waals surface area contributed by atoms with Crippen molar-refractivity contribution in [2.45, 2.75) is 46.5 Å². The van der Waals surface area contributed by atoms with Gasteiger partial charge >= 0.3 is 0 Å². The number of fused-ring (bicyclic) bond motifs is 1. The summed E-state index contributed by atoms with van der Waals surface area (Å²) in [7, 11) is 0. The van der Waals surface area contributed by atoms with Gasteiger partial charge in [-0.25, -0.2) is 0 Å². The van der Waals surface area contributed by atoms with E-state index in [1.807, 2.05) is 20.0 Å². The molecular weight excluding hydrogens is 158 g/mol. The van der Waals surface area contributed by atoms with Gasteiger partial charge in [-0.15, -0.1) is 0 Å². The first kappa shape index (κ1) is 10.2. The minimum atomic E-state index is 0.734. The summed E-state index contributed by atoms with van der Waals surface area (Å²) in [6.07, 6.45) is 4.60. The number of pyridine rings is 1. The molecule has 1 aromatic heterocycles. The SMILES string of the molecule is CC.Cc1cc2c(cn1)C(C)CC2. The number of aryl methyl sites for hydroxylation is 2. The normalized spacial score (nSPS) is 18.9. The van der Waals surface area contributed by atoms with Crippen molar-refractivity contribution in [2.75, 3.05) is 0 Å². The fourth-order valence-corrected chi connectivity index (χ4v) is 1.81. The molecule has 0 fully saturated rings. The largest absolute Gasteiger partial charge is 0.261 e. The second-order valence-corrected chi connectivity index (χ2v) is 3.46. The van der Waals surface area contributed by atoms with Crippen LogP contribution in [0.25, 0.3) is 0 Å². The summed E-state index contributed by atoms with van der Waals surface area (Å²) < 4.78 is 0. The van der Waals surface area contributed by atoms with Crippen LogP contribution in [0.1, 0.15) is 49.9 Å². The summed E-state index contributed by atoms with van der Waals surface area (Å²) in [5.74, 6) is 0.734. The summed E-state index contributed by atoms with van der Waals surface area (Å²) in [6.45, 7) is 8.34. The first-order valence-corrected chi connectivity index (χ1v) is 5.23. The molecule has 72 valence electrons. The predicted molar refractivity (Wildman–Crippen MR) is 57.1 cm³/mol. The van der Waals surface area contributed by atoms with Gasteiger partial charge in [0.05, 0.1) is 0 Å². The Morgan fingerprint density at radius 1 is 1.38 bits per heavy atom. The smallest absolute Gasteiger partial charge is 0.0375 e. The lowest BCUT2D eigenvalue weighted by molar-refractivity contribution is 0.745. The van der Waals surface area contributed by atoms with Crippen molar-refractivity contribution in [3.05, 3.63) is 29.1 Å². The Labute approximate surface area is 81.2 Å². The van der Waals surface area contributed by atoms with Gasteiger partial charge < -0.3 is 0 Å². The van der Waals surface area contributed by atoms with Gasteiger partial charge in [-0.05, 0) is 42.9 Å². The fourth-order valence-electron chi connectivity index (χ4n) is 1.81. The minimum absolute atomic E-state index is 0.734. The predicted octanol–water partition coefficient (Wildman–Crippen LogP) is 3.47. The standard InChI is InChI=1S/C10H13N.C2H6/c1-7-3-4-9-5-8(2)11-6-10(7)9;1-2/h5-7H,3-4H2,1-2H3;1-2H3. The van der Waals surface area contributed by atoms with Crippen molar-refractivity contribution in [2.24, 2.45) is 0 Å². The Bertz CT molecular complexity index is 278. The number of hydrogen-bond donors (Lipinski definition) is 0. The maximum atomic E-state index is 4.30. The molecule has 1 aliphatic rings. The van der Waals surface area contributed by atoms with Gasteiger partial charge in [-0.3, -0.25) is 4.98 Å². The Kier molecular flexibility index (Phi) is 3.47. The van der Waals surface area contributed by atoms with E-state index in [9.17, 15) is 0 Å². The van der Waals surface area contributed by atoms with Crippen molar-refractivity contribution in [3.63, 3.8) is 0 Å². The maximum Gasteiger partial charge on any atom is 0.0375 e. The second kappa shape index (κ2) is 4.40. The van der Waals surface area contributed by atoms with Crippen LogP contribution >= 0.6 is 0 Å². The molecule has 1 heteroatoms. The fraction of sp³-hybridized carbons (Fsp3) is 0.583. The number of nitrogens with zero attached hydrogens (tertiary/aromatic N) is 1. The highest BCUT2D eigenvalue weighted by atomic mass is 14.7. The zero-order valence-corrected chi connectivity index (χ0v) is 9.09. The van der Waals surface area contributed by atoms with Gasteiger partial charge in [-0.2, -0.15) is 0 Å². The molecular formula is C12H19N. The third-order valence-electron chi connectivity index (χ3n) is 2.54. The highest BCUT2D eigenvalue weighted by molar-refractivity contribution is 5.33. The van der Waals surface area contributed by atoms with E-state index in [4.69, 9.17) is 0 Å². The quantitative estimate of drug-likeness (QED) is 0.591. The van der Waals surface area contributed by atoms with Crippen LogP contribution in [-0.4, -0.2) is 4.98 Å². The summed E-state index contributed by atoms with van der Waals surface area (Å²) in [4.78, 5) is 4.30. The van der Waals surface area contributed by atoms with Gasteiger partial charge in [-0.1, -0.05) is 20.8 Å². The average molecular weight is 177 g/mol. The number of rotatable bonds is 0. The zero-order chi connectivity index (χ0) is 9.84. The van der Waals surface area contributed by atoms with E-state index >= 15 is 0 Å². The van der Waals surface area contributed by atoms with Crippen LogP contribution in [0, 0.1) is 6.92 Å². The molecule has 0 bridgehead atoms. The lowest BCUT2D eigenvalue weighted by Crippen LogP contribution is -1.89. The van der Waals surface area contributed by atoms with E-state index in [2.05, 4.69) is 24.9 Å². The van der Waals surface area contributed by atoms with Gasteiger partial charge in [0.1, 0.15) is 0 Å². The Balaban J connectivity index is 0.000000396. The minimum Gasteiger partial charge on any atom is -0.261 e. The third kappa shape index (κ3) is 2.09. The van der Waals surface area contributed by atoms with E-state index in [1.54, 1.807) is 0 Å². The molecule has 1 unspecified atom stereocenters. The highest BCUT2D eigenvalue weighted by Crippen LogP contribution is 2.31. The van der Waals surface area contributed by atoms with E-state index < -0.39 is 0 Å². The van der Waals surface area contributed by atoms with Crippen LogP contribution in [0.3, 0.4) is 0 Å². The van der Waals surface area contributed by atoms with Gasteiger partial charge in [0.15, 0.2) is 0 Å². The highest BCUT2D eigenvalue weighted by Gasteiger charge is 2.18. The summed E-state index contributed by atoms with van der Waals surface area (Å²) >= 11 is 0. The molecule has 1 nitrogen and oxygen atoms in total. The Hall–Kier alpha value is -0.850. The second-order valence-electron chi connectivity index (χ2n) is 3.46. The van der Waals surface area contributed by atoms with Crippen LogP contribution in [-0.2, 0) is 6.42 Å². The number of hydrogen-bond acceptors (Lipinski definition) is 1. The molecule has 1 aromatic rings. The summed E-state index contributed by atoms with van der Waals surface area (Å²) in [5.41, 5.74) is 4.14. The van der Waals surface area contributed by atoms with Gasteiger partial charge in [0, 0.05) is 11.9 Å². The Morgan fingerprint density at radius 2 is 2.08 bits per heavy atom. The van der Waals surface area contributed by atoms with E-state index in [1.165, 1.54) is 24.0 Å².